The Balaban J connectivity index is 1.39. The van der Waals surface area contributed by atoms with E-state index >= 15 is 0 Å². The minimum Gasteiger partial charge on any atom is -0.496 e. The van der Waals surface area contributed by atoms with Crippen LogP contribution in [-0.2, 0) is 14.8 Å². The van der Waals surface area contributed by atoms with Gasteiger partial charge in [-0.25, -0.2) is 18.2 Å². The predicted octanol–water partition coefficient (Wildman–Crippen LogP) is 6.17. The molecule has 5 aromatic rings. The first-order chi connectivity index (χ1) is 23.3. The normalized spacial score (nSPS) is 11.8. The van der Waals surface area contributed by atoms with Crippen LogP contribution in [0, 0.1) is 0 Å². The number of aromatic nitrogens is 2. The second kappa shape index (κ2) is 14.4. The van der Waals surface area contributed by atoms with Gasteiger partial charge in [0.15, 0.2) is 34.6 Å². The molecular weight excluding hydrogens is 665 g/mol. The van der Waals surface area contributed by atoms with Gasteiger partial charge in [-0.15, -0.1) is 0 Å². The number of methoxy groups -OCH3 is 2. The molecule has 3 aromatic carbocycles. The van der Waals surface area contributed by atoms with Gasteiger partial charge in [-0.3, -0.25) is 10.0 Å². The summed E-state index contributed by atoms with van der Waals surface area (Å²) in [5.41, 5.74) is 1.03. The van der Waals surface area contributed by atoms with Crippen LogP contribution in [-0.4, -0.2) is 58.7 Å². The number of hydrogen-bond donors (Lipinski definition) is 2. The number of anilines is 2. The highest BCUT2D eigenvalue weighted by atomic mass is 32.2. The lowest BCUT2D eigenvalue weighted by Crippen LogP contribution is -2.19. The Bertz CT molecular complexity index is 2020. The van der Waals surface area contributed by atoms with Gasteiger partial charge in [-0.2, -0.15) is 16.3 Å². The summed E-state index contributed by atoms with van der Waals surface area (Å²) in [6.45, 7) is -0.399. The molecule has 6 rings (SSSR count). The number of rotatable bonds is 13. The summed E-state index contributed by atoms with van der Waals surface area (Å²) in [5.74, 6) is 1.09. The molecule has 0 unspecified atom stereocenters. The largest absolute Gasteiger partial charge is 0.496 e. The Morgan fingerprint density at radius 3 is 2.42 bits per heavy atom. The van der Waals surface area contributed by atoms with Crippen LogP contribution < -0.4 is 38.5 Å². The molecule has 248 valence electrons. The Hall–Kier alpha value is -5.74. The molecular formula is C32H28N4O10S2. The minimum absolute atomic E-state index is 0.0304. The highest BCUT2D eigenvalue weighted by molar-refractivity contribution is 7.92. The van der Waals surface area contributed by atoms with Crippen LogP contribution in [0.4, 0.5) is 16.3 Å². The highest BCUT2D eigenvalue weighted by Gasteiger charge is 2.27. The lowest BCUT2D eigenvalue weighted by molar-refractivity contribution is 0.135. The zero-order valence-electron chi connectivity index (χ0n) is 25.5. The maximum Gasteiger partial charge on any atom is 0.411 e. The van der Waals surface area contributed by atoms with Gasteiger partial charge in [-0.1, -0.05) is 24.3 Å². The molecule has 0 bridgehead atoms. The number of nitrogens with one attached hydrogen (secondary N) is 2. The van der Waals surface area contributed by atoms with Crippen molar-refractivity contribution in [2.45, 2.75) is 4.90 Å². The molecule has 0 aliphatic carbocycles. The van der Waals surface area contributed by atoms with Crippen molar-refractivity contribution < 1.29 is 46.4 Å². The lowest BCUT2D eigenvalue weighted by atomic mass is 10.2. The van der Waals surface area contributed by atoms with Crippen LogP contribution in [0.2, 0.25) is 0 Å². The monoisotopic (exact) mass is 692 g/mol. The topological polar surface area (TPSA) is 166 Å². The van der Waals surface area contributed by atoms with Gasteiger partial charge < -0.3 is 33.2 Å². The van der Waals surface area contributed by atoms with Gasteiger partial charge in [0.25, 0.3) is 15.9 Å². The molecule has 1 aliphatic rings. The minimum atomic E-state index is -4.31. The van der Waals surface area contributed by atoms with Gasteiger partial charge in [0.05, 0.1) is 30.4 Å². The van der Waals surface area contributed by atoms with Crippen molar-refractivity contribution in [1.82, 2.24) is 9.97 Å². The molecule has 0 fully saturated rings. The number of amides is 1. The summed E-state index contributed by atoms with van der Waals surface area (Å²) in [5, 5.41) is 6.18. The summed E-state index contributed by atoms with van der Waals surface area (Å²) in [6.07, 6.45) is -0.683. The number of thiophene rings is 1. The Morgan fingerprint density at radius 1 is 0.896 bits per heavy atom. The smallest absolute Gasteiger partial charge is 0.411 e. The summed E-state index contributed by atoms with van der Waals surface area (Å²) >= 11 is 1.42. The molecule has 0 saturated heterocycles. The van der Waals surface area contributed by atoms with Gasteiger partial charge in [0.2, 0.25) is 12.5 Å². The molecule has 1 amide bonds. The van der Waals surface area contributed by atoms with Gasteiger partial charge in [-0.05, 0) is 47.8 Å². The molecule has 3 heterocycles. The molecule has 0 atom stereocenters. The summed E-state index contributed by atoms with van der Waals surface area (Å²) in [4.78, 5) is 21.3. The predicted molar refractivity (Wildman–Crippen MR) is 175 cm³/mol. The number of fused-ring (bicyclic) bond motifs is 1. The number of carbonyl (C=O) groups excluding carboxylic acids is 1. The molecule has 0 spiro atoms. The quantitative estimate of drug-likeness (QED) is 0.135. The standard InChI is InChI=1S/C32H28N4O10S2/c1-40-23-8-4-3-7-22(23)29-34-30(36-48(38,39)21-11-12-25-27(17-21)45-19-44-25)28(46-26-10-6-5-9-24(26)41-2)31(35-29)42-14-15-43-32(37)33-20-13-16-47-18-20/h3-13,16-18H,14-15,19H2,1-2H3,(H,33,37)(H,34,35,36). The Labute approximate surface area is 279 Å². The third-order valence-corrected chi connectivity index (χ3v) is 8.69. The van der Waals surface area contributed by atoms with Crippen LogP contribution in [0.15, 0.2) is 88.5 Å². The van der Waals surface area contributed by atoms with Gasteiger partial charge in [0.1, 0.15) is 19.0 Å². The highest BCUT2D eigenvalue weighted by Crippen LogP contribution is 2.43. The fourth-order valence-electron chi connectivity index (χ4n) is 4.44. The van der Waals surface area contributed by atoms with E-state index in [-0.39, 0.29) is 59.7 Å². The van der Waals surface area contributed by atoms with E-state index < -0.39 is 16.1 Å². The Morgan fingerprint density at radius 2 is 1.65 bits per heavy atom. The van der Waals surface area contributed by atoms with Gasteiger partial charge >= 0.3 is 6.09 Å². The zero-order valence-corrected chi connectivity index (χ0v) is 27.1. The van der Waals surface area contributed by atoms with Crippen molar-refractivity contribution in [3.8, 4) is 51.8 Å². The summed E-state index contributed by atoms with van der Waals surface area (Å²) < 4.78 is 69.3. The van der Waals surface area contributed by atoms with E-state index in [9.17, 15) is 13.2 Å². The van der Waals surface area contributed by atoms with Crippen LogP contribution in [0.5, 0.6) is 40.4 Å². The number of sulfonamides is 1. The van der Waals surface area contributed by atoms with Crippen LogP contribution in [0.1, 0.15) is 0 Å². The molecule has 2 N–H and O–H groups in total. The van der Waals surface area contributed by atoms with E-state index in [0.717, 1.165) is 0 Å². The van der Waals surface area contributed by atoms with Crippen LogP contribution in [0.3, 0.4) is 0 Å². The van der Waals surface area contributed by atoms with E-state index in [1.807, 2.05) is 5.38 Å². The molecule has 0 radical (unpaired) electrons. The fraction of sp³-hybridized carbons (Fsp3) is 0.156. The number of hydrogen-bond acceptors (Lipinski definition) is 13. The first-order valence-electron chi connectivity index (χ1n) is 14.2. The maximum atomic E-state index is 13.8. The van der Waals surface area contributed by atoms with E-state index in [0.29, 0.717) is 28.5 Å². The first kappa shape index (κ1) is 32.2. The average molecular weight is 693 g/mol. The van der Waals surface area contributed by atoms with Crippen LogP contribution >= 0.6 is 11.3 Å². The van der Waals surface area contributed by atoms with E-state index in [1.165, 1.54) is 43.8 Å². The lowest BCUT2D eigenvalue weighted by Gasteiger charge is -2.19. The van der Waals surface area contributed by atoms with E-state index in [2.05, 4.69) is 20.0 Å². The van der Waals surface area contributed by atoms with E-state index in [4.69, 9.17) is 33.2 Å². The van der Waals surface area contributed by atoms with Crippen LogP contribution in [0.25, 0.3) is 11.4 Å². The van der Waals surface area contributed by atoms with Crippen molar-refractivity contribution in [3.63, 3.8) is 0 Å². The Kier molecular flexibility index (Phi) is 9.63. The number of benzene rings is 3. The molecule has 0 saturated carbocycles. The maximum absolute atomic E-state index is 13.8. The van der Waals surface area contributed by atoms with Crippen molar-refractivity contribution in [3.05, 3.63) is 83.6 Å². The molecule has 16 heteroatoms. The molecule has 2 aromatic heterocycles. The van der Waals surface area contributed by atoms with Crippen molar-refractivity contribution in [2.75, 3.05) is 44.3 Å². The molecule has 14 nitrogen and oxygen atoms in total. The average Bonchev–Trinajstić information content (AvgIpc) is 3.80. The fourth-order valence-corrected chi connectivity index (χ4v) is 6.05. The molecule has 1 aliphatic heterocycles. The van der Waals surface area contributed by atoms with E-state index in [1.54, 1.807) is 60.0 Å². The SMILES string of the molecule is COc1ccccc1Oc1c(NS(=O)(=O)c2ccc3c(c2)OCO3)nc(-c2ccccc2OC)nc1OCCOC(=O)Nc1ccsc1. The zero-order chi connectivity index (χ0) is 33.5. The number of nitrogens with zero attached hydrogens (tertiary/aromatic N) is 2. The second-order valence-corrected chi connectivity index (χ2v) is 12.2. The van der Waals surface area contributed by atoms with Crippen molar-refractivity contribution >= 4 is 39.0 Å². The number of ether oxygens (including phenoxy) is 7. The third-order valence-electron chi connectivity index (χ3n) is 6.67. The van der Waals surface area contributed by atoms with Gasteiger partial charge in [0, 0.05) is 11.4 Å². The number of carbonyl (C=O) groups is 1. The molecule has 48 heavy (non-hydrogen) atoms. The first-order valence-corrected chi connectivity index (χ1v) is 16.6. The van der Waals surface area contributed by atoms with Crippen molar-refractivity contribution in [2.24, 2.45) is 0 Å². The summed E-state index contributed by atoms with van der Waals surface area (Å²) in [7, 11) is -1.36. The number of para-hydroxylation sites is 3. The second-order valence-electron chi connectivity index (χ2n) is 9.73. The summed E-state index contributed by atoms with van der Waals surface area (Å²) in [6, 6.07) is 19.6. The third kappa shape index (κ3) is 7.29. The van der Waals surface area contributed by atoms with Crippen molar-refractivity contribution in [1.29, 1.82) is 0 Å².